The Labute approximate surface area is 181 Å². The van der Waals surface area contributed by atoms with Gasteiger partial charge in [0.1, 0.15) is 12.4 Å². The van der Waals surface area contributed by atoms with Crippen LogP contribution in [0.15, 0.2) is 54.6 Å². The van der Waals surface area contributed by atoms with Gasteiger partial charge < -0.3 is 24.4 Å². The van der Waals surface area contributed by atoms with Crippen LogP contribution in [0.3, 0.4) is 0 Å². The average Bonchev–Trinajstić information content (AvgIpc) is 3.17. The highest BCUT2D eigenvalue weighted by molar-refractivity contribution is 5.89. The van der Waals surface area contributed by atoms with Crippen LogP contribution in [0.25, 0.3) is 0 Å². The molecule has 1 N–H and O–H groups in total. The third-order valence-corrected chi connectivity index (χ3v) is 5.64. The summed E-state index contributed by atoms with van der Waals surface area (Å²) in [5.74, 6) is 0.105. The zero-order chi connectivity index (χ0) is 21.6. The smallest absolute Gasteiger partial charge is 0.408 e. The fourth-order valence-corrected chi connectivity index (χ4v) is 3.91. The molecule has 0 spiro atoms. The summed E-state index contributed by atoms with van der Waals surface area (Å²) < 4.78 is 15.9. The molecule has 2 fully saturated rings. The SMILES string of the molecule is COc1cccc(C(=O)OC[C@H]2OC(=O)N[C@@H]2CN2CCN(c3ccccc3)CC2)c1. The van der Waals surface area contributed by atoms with Gasteiger partial charge in [-0.05, 0) is 30.3 Å². The number of methoxy groups -OCH3 is 1. The molecular weight excluding hydrogens is 398 g/mol. The fourth-order valence-electron chi connectivity index (χ4n) is 3.91. The number of nitrogens with zero attached hydrogens (tertiary/aromatic N) is 2. The summed E-state index contributed by atoms with van der Waals surface area (Å²) >= 11 is 0. The van der Waals surface area contributed by atoms with Gasteiger partial charge in [0.15, 0.2) is 6.10 Å². The van der Waals surface area contributed by atoms with Crippen molar-refractivity contribution in [1.29, 1.82) is 0 Å². The standard InChI is InChI=1S/C23H27N3O5/c1-29-19-9-5-6-17(14-19)22(27)30-16-21-20(24-23(28)31-21)15-25-10-12-26(13-11-25)18-7-3-2-4-8-18/h2-9,14,20-21H,10-13,15-16H2,1H3,(H,24,28)/t20-,21-/m1/s1. The Morgan fingerprint density at radius 2 is 1.87 bits per heavy atom. The number of anilines is 1. The number of para-hydroxylation sites is 1. The van der Waals surface area contributed by atoms with E-state index in [9.17, 15) is 9.59 Å². The van der Waals surface area contributed by atoms with Crippen LogP contribution in [-0.4, -0.2) is 75.5 Å². The molecule has 2 atom stereocenters. The molecule has 2 saturated heterocycles. The number of hydrogen-bond donors (Lipinski definition) is 1. The number of hydrogen-bond acceptors (Lipinski definition) is 7. The molecule has 0 aromatic heterocycles. The van der Waals surface area contributed by atoms with Gasteiger partial charge >= 0.3 is 12.1 Å². The lowest BCUT2D eigenvalue weighted by molar-refractivity contribution is 0.0228. The fraction of sp³-hybridized carbons (Fsp3) is 0.391. The Bertz CT molecular complexity index is 899. The van der Waals surface area contributed by atoms with Crippen molar-refractivity contribution in [2.24, 2.45) is 0 Å². The maximum Gasteiger partial charge on any atom is 0.408 e. The lowest BCUT2D eigenvalue weighted by atomic mass is 10.1. The number of esters is 1. The van der Waals surface area contributed by atoms with Crippen molar-refractivity contribution >= 4 is 17.7 Å². The maximum absolute atomic E-state index is 12.4. The van der Waals surface area contributed by atoms with Gasteiger partial charge in [0, 0.05) is 38.4 Å². The third-order valence-electron chi connectivity index (χ3n) is 5.64. The second kappa shape index (κ2) is 9.70. The van der Waals surface area contributed by atoms with Gasteiger partial charge in [-0.25, -0.2) is 9.59 Å². The molecule has 2 aliphatic rings. The molecule has 2 aromatic carbocycles. The average molecular weight is 425 g/mol. The van der Waals surface area contributed by atoms with E-state index in [4.69, 9.17) is 14.2 Å². The van der Waals surface area contributed by atoms with E-state index in [0.29, 0.717) is 17.9 Å². The van der Waals surface area contributed by atoms with Crippen LogP contribution in [0.5, 0.6) is 5.75 Å². The van der Waals surface area contributed by atoms with Crippen molar-refractivity contribution in [2.75, 3.05) is 51.3 Å². The van der Waals surface area contributed by atoms with Crippen LogP contribution in [0.1, 0.15) is 10.4 Å². The van der Waals surface area contributed by atoms with E-state index in [1.165, 1.54) is 5.69 Å². The van der Waals surface area contributed by atoms with E-state index in [-0.39, 0.29) is 12.6 Å². The second-order valence-electron chi connectivity index (χ2n) is 7.65. The number of carbonyl (C=O) groups is 2. The Hall–Kier alpha value is -3.26. The van der Waals surface area contributed by atoms with Crippen LogP contribution >= 0.6 is 0 Å². The molecule has 0 radical (unpaired) electrons. The molecule has 2 heterocycles. The van der Waals surface area contributed by atoms with Crippen molar-refractivity contribution in [2.45, 2.75) is 12.1 Å². The number of piperazine rings is 1. The van der Waals surface area contributed by atoms with E-state index < -0.39 is 18.2 Å². The summed E-state index contributed by atoms with van der Waals surface area (Å²) in [6, 6.07) is 16.9. The number of benzene rings is 2. The number of carbonyl (C=O) groups excluding carboxylic acids is 2. The number of rotatable bonds is 7. The van der Waals surface area contributed by atoms with Crippen LogP contribution in [0.4, 0.5) is 10.5 Å². The topological polar surface area (TPSA) is 80.3 Å². The van der Waals surface area contributed by atoms with Crippen molar-refractivity contribution in [3.8, 4) is 5.75 Å². The zero-order valence-corrected chi connectivity index (χ0v) is 17.5. The van der Waals surface area contributed by atoms with Crippen molar-refractivity contribution in [1.82, 2.24) is 10.2 Å². The Morgan fingerprint density at radius 1 is 1.10 bits per heavy atom. The minimum Gasteiger partial charge on any atom is -0.497 e. The van der Waals surface area contributed by atoms with Crippen molar-refractivity contribution in [3.63, 3.8) is 0 Å². The summed E-state index contributed by atoms with van der Waals surface area (Å²) in [6.07, 6.45) is -0.996. The molecule has 2 aliphatic heterocycles. The normalized spacial score (nSPS) is 21.3. The van der Waals surface area contributed by atoms with E-state index in [1.54, 1.807) is 31.4 Å². The molecule has 8 nitrogen and oxygen atoms in total. The highest BCUT2D eigenvalue weighted by Crippen LogP contribution is 2.18. The predicted molar refractivity (Wildman–Crippen MR) is 116 cm³/mol. The first-order valence-corrected chi connectivity index (χ1v) is 10.4. The number of amides is 1. The summed E-state index contributed by atoms with van der Waals surface area (Å²) in [7, 11) is 1.54. The first-order valence-electron chi connectivity index (χ1n) is 10.4. The van der Waals surface area contributed by atoms with Crippen LogP contribution < -0.4 is 15.0 Å². The van der Waals surface area contributed by atoms with Crippen molar-refractivity contribution < 1.29 is 23.8 Å². The highest BCUT2D eigenvalue weighted by Gasteiger charge is 2.36. The van der Waals surface area contributed by atoms with Gasteiger partial charge in [0.25, 0.3) is 0 Å². The molecule has 31 heavy (non-hydrogen) atoms. The molecule has 164 valence electrons. The quantitative estimate of drug-likeness (QED) is 0.681. The minimum absolute atomic E-state index is 0.00340. The Balaban J connectivity index is 1.28. The molecule has 0 unspecified atom stereocenters. The zero-order valence-electron chi connectivity index (χ0n) is 17.5. The molecule has 4 rings (SSSR count). The highest BCUT2D eigenvalue weighted by atomic mass is 16.6. The molecule has 2 aromatic rings. The van der Waals surface area contributed by atoms with Crippen LogP contribution in [0, 0.1) is 0 Å². The lowest BCUT2D eigenvalue weighted by Crippen LogP contribution is -2.52. The predicted octanol–water partition coefficient (Wildman–Crippen LogP) is 2.15. The molecular formula is C23H27N3O5. The first kappa shape index (κ1) is 21.0. The van der Waals surface area contributed by atoms with Gasteiger partial charge in [-0.1, -0.05) is 24.3 Å². The van der Waals surface area contributed by atoms with E-state index in [2.05, 4.69) is 27.2 Å². The molecule has 0 saturated carbocycles. The van der Waals surface area contributed by atoms with Gasteiger partial charge in [-0.15, -0.1) is 0 Å². The third kappa shape index (κ3) is 5.27. The second-order valence-corrected chi connectivity index (χ2v) is 7.65. The summed E-state index contributed by atoms with van der Waals surface area (Å²) in [5.41, 5.74) is 1.62. The van der Waals surface area contributed by atoms with Gasteiger partial charge in [0.05, 0.1) is 18.7 Å². The number of alkyl carbamates (subject to hydrolysis) is 1. The van der Waals surface area contributed by atoms with Gasteiger partial charge in [-0.2, -0.15) is 0 Å². The van der Waals surface area contributed by atoms with Crippen molar-refractivity contribution in [3.05, 3.63) is 60.2 Å². The van der Waals surface area contributed by atoms with Gasteiger partial charge in [-0.3, -0.25) is 4.90 Å². The van der Waals surface area contributed by atoms with E-state index in [0.717, 1.165) is 26.2 Å². The molecule has 1 amide bonds. The summed E-state index contributed by atoms with van der Waals surface area (Å²) in [5, 5.41) is 2.85. The summed E-state index contributed by atoms with van der Waals surface area (Å²) in [6.45, 7) is 4.26. The van der Waals surface area contributed by atoms with Crippen LogP contribution in [0.2, 0.25) is 0 Å². The van der Waals surface area contributed by atoms with E-state index in [1.807, 2.05) is 18.2 Å². The number of cyclic esters (lactones) is 1. The van der Waals surface area contributed by atoms with Crippen LogP contribution in [-0.2, 0) is 9.47 Å². The molecule has 8 heteroatoms. The summed E-state index contributed by atoms with van der Waals surface area (Å²) in [4.78, 5) is 28.8. The Morgan fingerprint density at radius 3 is 2.61 bits per heavy atom. The monoisotopic (exact) mass is 425 g/mol. The number of ether oxygens (including phenoxy) is 3. The number of nitrogens with one attached hydrogen (secondary N) is 1. The van der Waals surface area contributed by atoms with Gasteiger partial charge in [0.2, 0.25) is 0 Å². The minimum atomic E-state index is -0.519. The Kier molecular flexibility index (Phi) is 6.57. The lowest BCUT2D eigenvalue weighted by Gasteiger charge is -2.37. The van der Waals surface area contributed by atoms with E-state index >= 15 is 0 Å². The molecule has 0 aliphatic carbocycles. The largest absolute Gasteiger partial charge is 0.497 e. The maximum atomic E-state index is 12.4. The first-order chi connectivity index (χ1) is 15.1. The molecule has 0 bridgehead atoms.